The molecule has 0 aromatic heterocycles. The first-order valence-corrected chi connectivity index (χ1v) is 6.04. The van der Waals surface area contributed by atoms with Gasteiger partial charge < -0.3 is 5.11 Å². The Morgan fingerprint density at radius 1 is 1.31 bits per heavy atom. The lowest BCUT2D eigenvalue weighted by molar-refractivity contribution is 0.0979. The Hall–Kier alpha value is -1.02. The van der Waals surface area contributed by atoms with Crippen LogP contribution in [-0.4, -0.2) is 10.9 Å². The summed E-state index contributed by atoms with van der Waals surface area (Å²) in [5, 5.41) is 9.46. The van der Waals surface area contributed by atoms with Crippen LogP contribution in [0.2, 0.25) is 5.02 Å². The van der Waals surface area contributed by atoms with Crippen LogP contribution in [0.4, 0.5) is 0 Å². The molecular formula is C13H17ClO2. The predicted octanol–water partition coefficient (Wildman–Crippen LogP) is 4.20. The Kier molecular flexibility index (Phi) is 5.33. The lowest BCUT2D eigenvalue weighted by atomic mass is 10.0. The maximum absolute atomic E-state index is 11.7. The van der Waals surface area contributed by atoms with Crippen LogP contribution in [0.1, 0.15) is 49.4 Å². The highest BCUT2D eigenvalue weighted by atomic mass is 35.5. The molecule has 0 radical (unpaired) electrons. The molecule has 0 heterocycles. The van der Waals surface area contributed by atoms with Crippen LogP contribution in [0.15, 0.2) is 18.2 Å². The molecule has 0 amide bonds. The number of rotatable bonds is 6. The summed E-state index contributed by atoms with van der Waals surface area (Å²) in [6, 6.07) is 4.60. The summed E-state index contributed by atoms with van der Waals surface area (Å²) in [4.78, 5) is 11.7. The average molecular weight is 241 g/mol. The molecule has 0 atom stereocenters. The van der Waals surface area contributed by atoms with E-state index >= 15 is 0 Å². The Morgan fingerprint density at radius 3 is 2.69 bits per heavy atom. The van der Waals surface area contributed by atoms with Gasteiger partial charge in [0.25, 0.3) is 0 Å². The van der Waals surface area contributed by atoms with E-state index in [-0.39, 0.29) is 16.6 Å². The molecule has 0 fully saturated rings. The molecule has 16 heavy (non-hydrogen) atoms. The van der Waals surface area contributed by atoms with E-state index in [1.54, 1.807) is 6.07 Å². The minimum absolute atomic E-state index is 0.0178. The third kappa shape index (κ3) is 3.86. The van der Waals surface area contributed by atoms with E-state index < -0.39 is 0 Å². The molecule has 0 aliphatic carbocycles. The minimum atomic E-state index is 0.0178. The number of halogens is 1. The van der Waals surface area contributed by atoms with Gasteiger partial charge in [0.05, 0.1) is 5.02 Å². The van der Waals surface area contributed by atoms with Gasteiger partial charge in [0.2, 0.25) is 0 Å². The molecule has 0 unspecified atom stereocenters. The zero-order valence-electron chi connectivity index (χ0n) is 9.50. The smallest absolute Gasteiger partial charge is 0.162 e. The number of unbranched alkanes of at least 4 members (excludes halogenated alkanes) is 3. The number of hydrogen-bond acceptors (Lipinski definition) is 2. The summed E-state index contributed by atoms with van der Waals surface area (Å²) in [7, 11) is 0. The summed E-state index contributed by atoms with van der Waals surface area (Å²) in [6.07, 6.45) is 4.91. The third-order valence-corrected chi connectivity index (χ3v) is 2.83. The van der Waals surface area contributed by atoms with E-state index in [1.165, 1.54) is 25.0 Å². The van der Waals surface area contributed by atoms with Crippen molar-refractivity contribution < 1.29 is 9.90 Å². The number of aromatic hydroxyl groups is 1. The van der Waals surface area contributed by atoms with Gasteiger partial charge in [-0.15, -0.1) is 0 Å². The van der Waals surface area contributed by atoms with Crippen LogP contribution in [0.5, 0.6) is 5.75 Å². The van der Waals surface area contributed by atoms with Gasteiger partial charge in [-0.3, -0.25) is 4.79 Å². The molecule has 1 aromatic rings. The molecule has 1 aromatic carbocycles. The Bertz CT molecular complexity index is 361. The van der Waals surface area contributed by atoms with Crippen LogP contribution >= 0.6 is 11.6 Å². The Labute approximate surface area is 101 Å². The van der Waals surface area contributed by atoms with E-state index in [2.05, 4.69) is 6.92 Å². The first kappa shape index (κ1) is 13.0. The molecule has 0 spiro atoms. The van der Waals surface area contributed by atoms with Gasteiger partial charge in [0.1, 0.15) is 5.75 Å². The largest absolute Gasteiger partial charge is 0.506 e. The van der Waals surface area contributed by atoms with E-state index in [0.717, 1.165) is 12.8 Å². The molecule has 88 valence electrons. The fourth-order valence-corrected chi connectivity index (χ4v) is 1.72. The van der Waals surface area contributed by atoms with Crippen molar-refractivity contribution in [1.82, 2.24) is 0 Å². The van der Waals surface area contributed by atoms with Gasteiger partial charge in [-0.1, -0.05) is 37.8 Å². The van der Waals surface area contributed by atoms with Crippen LogP contribution in [0.3, 0.4) is 0 Å². The summed E-state index contributed by atoms with van der Waals surface area (Å²) >= 11 is 5.74. The summed E-state index contributed by atoms with van der Waals surface area (Å²) in [6.45, 7) is 2.14. The number of ketones is 1. The SMILES string of the molecule is CCCCCCC(=O)c1ccc(O)c(Cl)c1. The van der Waals surface area contributed by atoms with E-state index in [0.29, 0.717) is 12.0 Å². The third-order valence-electron chi connectivity index (χ3n) is 2.53. The van der Waals surface area contributed by atoms with Gasteiger partial charge in [-0.25, -0.2) is 0 Å². The van der Waals surface area contributed by atoms with Gasteiger partial charge in [0, 0.05) is 12.0 Å². The van der Waals surface area contributed by atoms with Crippen molar-refractivity contribution in [3.05, 3.63) is 28.8 Å². The number of phenols is 1. The average Bonchev–Trinajstić information content (AvgIpc) is 2.28. The fourth-order valence-electron chi connectivity index (χ4n) is 1.54. The quantitative estimate of drug-likeness (QED) is 0.598. The molecule has 1 rings (SSSR count). The van der Waals surface area contributed by atoms with Crippen molar-refractivity contribution in [2.75, 3.05) is 0 Å². The number of hydrogen-bond donors (Lipinski definition) is 1. The number of Topliss-reactive ketones (excluding diaryl/α,β-unsaturated/α-hetero) is 1. The minimum Gasteiger partial charge on any atom is -0.506 e. The summed E-state index contributed by atoms with van der Waals surface area (Å²) < 4.78 is 0. The van der Waals surface area contributed by atoms with E-state index in [9.17, 15) is 9.90 Å². The second-order valence-corrected chi connectivity index (χ2v) is 4.31. The highest BCUT2D eigenvalue weighted by Crippen LogP contribution is 2.24. The molecule has 0 aliphatic heterocycles. The molecule has 0 bridgehead atoms. The zero-order chi connectivity index (χ0) is 12.0. The van der Waals surface area contributed by atoms with Crippen molar-refractivity contribution in [2.45, 2.75) is 39.0 Å². The second-order valence-electron chi connectivity index (χ2n) is 3.90. The lowest BCUT2D eigenvalue weighted by Gasteiger charge is -2.02. The van der Waals surface area contributed by atoms with Gasteiger partial charge >= 0.3 is 0 Å². The van der Waals surface area contributed by atoms with Crippen LogP contribution in [0.25, 0.3) is 0 Å². The fraction of sp³-hybridized carbons (Fsp3) is 0.462. The molecule has 0 saturated carbocycles. The molecular weight excluding hydrogens is 224 g/mol. The molecule has 3 heteroatoms. The molecule has 2 nitrogen and oxygen atoms in total. The highest BCUT2D eigenvalue weighted by Gasteiger charge is 2.07. The Morgan fingerprint density at radius 2 is 2.06 bits per heavy atom. The maximum Gasteiger partial charge on any atom is 0.162 e. The van der Waals surface area contributed by atoms with Gasteiger partial charge in [0.15, 0.2) is 5.78 Å². The van der Waals surface area contributed by atoms with Gasteiger partial charge in [-0.2, -0.15) is 0 Å². The summed E-state index contributed by atoms with van der Waals surface area (Å²) in [5.41, 5.74) is 0.583. The van der Waals surface area contributed by atoms with Crippen molar-refractivity contribution in [3.8, 4) is 5.75 Å². The lowest BCUT2D eigenvalue weighted by Crippen LogP contribution is -1.98. The highest BCUT2D eigenvalue weighted by molar-refractivity contribution is 6.32. The predicted molar refractivity (Wildman–Crippen MR) is 66.2 cm³/mol. The standard InChI is InChI=1S/C13H17ClO2/c1-2-3-4-5-6-12(15)10-7-8-13(16)11(14)9-10/h7-9,16H,2-6H2,1H3. The first-order valence-electron chi connectivity index (χ1n) is 5.67. The molecule has 0 saturated heterocycles. The Balaban J connectivity index is 2.50. The first-order chi connectivity index (χ1) is 7.65. The number of phenolic OH excluding ortho intramolecular Hbond substituents is 1. The van der Waals surface area contributed by atoms with E-state index in [1.807, 2.05) is 0 Å². The van der Waals surface area contributed by atoms with Crippen LogP contribution in [0, 0.1) is 0 Å². The van der Waals surface area contributed by atoms with Crippen molar-refractivity contribution in [3.63, 3.8) is 0 Å². The summed E-state index contributed by atoms with van der Waals surface area (Å²) in [5.74, 6) is 0.113. The zero-order valence-corrected chi connectivity index (χ0v) is 10.3. The van der Waals surface area contributed by atoms with Crippen molar-refractivity contribution >= 4 is 17.4 Å². The molecule has 0 aliphatic rings. The maximum atomic E-state index is 11.7. The van der Waals surface area contributed by atoms with Gasteiger partial charge in [-0.05, 0) is 24.6 Å². The van der Waals surface area contributed by atoms with Crippen LogP contribution in [-0.2, 0) is 0 Å². The van der Waals surface area contributed by atoms with E-state index in [4.69, 9.17) is 11.6 Å². The topological polar surface area (TPSA) is 37.3 Å². The normalized spacial score (nSPS) is 10.4. The molecule has 1 N–H and O–H groups in total. The van der Waals surface area contributed by atoms with Crippen molar-refractivity contribution in [1.29, 1.82) is 0 Å². The number of carbonyl (C=O) groups excluding carboxylic acids is 1. The monoisotopic (exact) mass is 240 g/mol. The number of benzene rings is 1. The number of carbonyl (C=O) groups is 1. The van der Waals surface area contributed by atoms with Crippen LogP contribution < -0.4 is 0 Å². The second kappa shape index (κ2) is 6.54. The van der Waals surface area contributed by atoms with Crippen molar-refractivity contribution in [2.24, 2.45) is 0 Å².